The third-order valence-corrected chi connectivity index (χ3v) is 3.72. The molecule has 10 heteroatoms. The number of aliphatic imine (C=N–C) groups is 1. The highest BCUT2D eigenvalue weighted by molar-refractivity contribution is 5.84. The van der Waals surface area contributed by atoms with Gasteiger partial charge in [0.2, 0.25) is 5.91 Å². The Labute approximate surface area is 167 Å². The van der Waals surface area contributed by atoms with Crippen molar-refractivity contribution in [3.05, 3.63) is 54.0 Å². The lowest BCUT2D eigenvalue weighted by Crippen LogP contribution is -2.40. The van der Waals surface area contributed by atoms with Crippen LogP contribution in [0.15, 0.2) is 52.1 Å². The highest BCUT2D eigenvalue weighted by atomic mass is 19.3. The Balaban J connectivity index is 1.82. The molecule has 0 radical (unpaired) electrons. The van der Waals surface area contributed by atoms with Crippen molar-refractivity contribution >= 4 is 11.9 Å². The zero-order chi connectivity index (χ0) is 21.1. The van der Waals surface area contributed by atoms with E-state index < -0.39 is 12.7 Å². The zero-order valence-corrected chi connectivity index (χ0v) is 15.9. The maximum atomic E-state index is 12.2. The van der Waals surface area contributed by atoms with E-state index in [1.807, 2.05) is 6.92 Å². The fourth-order valence-electron chi connectivity index (χ4n) is 2.33. The fraction of sp³-hybridized carbons (Fsp3) is 0.368. The van der Waals surface area contributed by atoms with Crippen LogP contribution in [0.1, 0.15) is 24.4 Å². The Hall–Kier alpha value is -3.14. The van der Waals surface area contributed by atoms with Gasteiger partial charge in [-0.05, 0) is 36.8 Å². The lowest BCUT2D eigenvalue weighted by atomic mass is 10.1. The molecule has 0 saturated carbocycles. The van der Waals surface area contributed by atoms with E-state index in [1.54, 1.807) is 12.1 Å². The molecule has 4 N–H and O–H groups in total. The SMILES string of the molecule is CCNC(=NCC(=O)NCc1ccco1)NCC(O)c1ccc(OC(F)F)cc1. The molecule has 0 aliphatic heterocycles. The molecule has 158 valence electrons. The average molecular weight is 410 g/mol. The normalized spacial score (nSPS) is 12.5. The number of alkyl halides is 2. The molecule has 2 aromatic rings. The zero-order valence-electron chi connectivity index (χ0n) is 15.9. The first kappa shape index (κ1) is 22.2. The number of benzene rings is 1. The summed E-state index contributed by atoms with van der Waals surface area (Å²) in [6.45, 7) is -0.194. The van der Waals surface area contributed by atoms with Gasteiger partial charge in [0.25, 0.3) is 0 Å². The number of amides is 1. The van der Waals surface area contributed by atoms with Crippen LogP contribution in [0.2, 0.25) is 0 Å². The quantitative estimate of drug-likeness (QED) is 0.351. The summed E-state index contributed by atoms with van der Waals surface area (Å²) in [5.74, 6) is 0.728. The number of rotatable bonds is 10. The minimum atomic E-state index is -2.90. The van der Waals surface area contributed by atoms with Crippen molar-refractivity contribution in [2.75, 3.05) is 19.6 Å². The van der Waals surface area contributed by atoms with Gasteiger partial charge in [-0.15, -0.1) is 0 Å². The van der Waals surface area contributed by atoms with E-state index in [-0.39, 0.29) is 31.3 Å². The van der Waals surface area contributed by atoms with Crippen LogP contribution >= 0.6 is 0 Å². The van der Waals surface area contributed by atoms with Crippen molar-refractivity contribution in [2.24, 2.45) is 4.99 Å². The highest BCUT2D eigenvalue weighted by Crippen LogP contribution is 2.18. The van der Waals surface area contributed by atoms with Gasteiger partial charge in [0.15, 0.2) is 5.96 Å². The number of ether oxygens (including phenoxy) is 1. The van der Waals surface area contributed by atoms with Gasteiger partial charge in [0.05, 0.1) is 18.9 Å². The summed E-state index contributed by atoms with van der Waals surface area (Å²) >= 11 is 0. The summed E-state index contributed by atoms with van der Waals surface area (Å²) in [6, 6.07) is 9.19. The van der Waals surface area contributed by atoms with Gasteiger partial charge in [-0.2, -0.15) is 8.78 Å². The van der Waals surface area contributed by atoms with Crippen LogP contribution in [-0.2, 0) is 11.3 Å². The minimum absolute atomic E-state index is 0.0133. The van der Waals surface area contributed by atoms with E-state index in [1.165, 1.54) is 30.5 Å². The van der Waals surface area contributed by atoms with Gasteiger partial charge in [-0.25, -0.2) is 4.99 Å². The molecule has 2 rings (SSSR count). The summed E-state index contributed by atoms with van der Waals surface area (Å²) in [5, 5.41) is 18.8. The molecule has 29 heavy (non-hydrogen) atoms. The molecule has 1 aromatic heterocycles. The summed E-state index contributed by atoms with van der Waals surface area (Å²) in [6.07, 6.45) is 0.615. The Morgan fingerprint density at radius 2 is 1.97 bits per heavy atom. The molecule has 1 aromatic carbocycles. The molecule has 0 aliphatic carbocycles. The maximum absolute atomic E-state index is 12.2. The minimum Gasteiger partial charge on any atom is -0.467 e. The van der Waals surface area contributed by atoms with Gasteiger partial charge in [-0.3, -0.25) is 4.79 Å². The first-order valence-electron chi connectivity index (χ1n) is 9.02. The second-order valence-electron chi connectivity index (χ2n) is 5.90. The third-order valence-electron chi connectivity index (χ3n) is 3.72. The summed E-state index contributed by atoms with van der Waals surface area (Å²) in [5.41, 5.74) is 0.520. The van der Waals surface area contributed by atoms with Crippen LogP contribution in [-0.4, -0.2) is 43.2 Å². The van der Waals surface area contributed by atoms with Gasteiger partial charge in [-0.1, -0.05) is 12.1 Å². The van der Waals surface area contributed by atoms with Crippen LogP contribution < -0.4 is 20.7 Å². The molecule has 0 bridgehead atoms. The molecule has 1 amide bonds. The molecule has 1 unspecified atom stereocenters. The van der Waals surface area contributed by atoms with Crippen molar-refractivity contribution in [3.63, 3.8) is 0 Å². The third kappa shape index (κ3) is 8.18. The molecular formula is C19H24F2N4O4. The Morgan fingerprint density at radius 1 is 1.21 bits per heavy atom. The predicted octanol–water partition coefficient (Wildman–Crippen LogP) is 1.79. The Morgan fingerprint density at radius 3 is 2.59 bits per heavy atom. The van der Waals surface area contributed by atoms with E-state index in [4.69, 9.17) is 4.42 Å². The number of carbonyl (C=O) groups excluding carboxylic acids is 1. The second kappa shape index (κ2) is 11.6. The molecule has 0 spiro atoms. The van der Waals surface area contributed by atoms with E-state index in [0.29, 0.717) is 23.8 Å². The highest BCUT2D eigenvalue weighted by Gasteiger charge is 2.11. The second-order valence-corrected chi connectivity index (χ2v) is 5.90. The van der Waals surface area contributed by atoms with Gasteiger partial charge in [0.1, 0.15) is 18.1 Å². The first-order valence-corrected chi connectivity index (χ1v) is 9.02. The van der Waals surface area contributed by atoms with Crippen molar-refractivity contribution in [1.82, 2.24) is 16.0 Å². The number of hydrogen-bond acceptors (Lipinski definition) is 5. The Kier molecular flexibility index (Phi) is 8.90. The van der Waals surface area contributed by atoms with Crippen molar-refractivity contribution in [3.8, 4) is 5.75 Å². The molecule has 0 fully saturated rings. The van der Waals surface area contributed by atoms with Crippen LogP contribution in [0.25, 0.3) is 0 Å². The number of hydrogen-bond donors (Lipinski definition) is 4. The van der Waals surface area contributed by atoms with E-state index in [9.17, 15) is 18.7 Å². The van der Waals surface area contributed by atoms with E-state index in [0.717, 1.165) is 0 Å². The number of halogens is 2. The topological polar surface area (TPSA) is 108 Å². The largest absolute Gasteiger partial charge is 0.467 e. The predicted molar refractivity (Wildman–Crippen MR) is 103 cm³/mol. The van der Waals surface area contributed by atoms with E-state index in [2.05, 4.69) is 25.7 Å². The molecule has 1 atom stereocenters. The van der Waals surface area contributed by atoms with Crippen LogP contribution in [0.4, 0.5) is 8.78 Å². The maximum Gasteiger partial charge on any atom is 0.387 e. The van der Waals surface area contributed by atoms with Crippen molar-refractivity contribution in [1.29, 1.82) is 0 Å². The monoisotopic (exact) mass is 410 g/mol. The average Bonchev–Trinajstić information content (AvgIpc) is 3.22. The number of guanidine groups is 1. The molecule has 0 aliphatic rings. The van der Waals surface area contributed by atoms with Gasteiger partial charge >= 0.3 is 6.61 Å². The summed E-state index contributed by atoms with van der Waals surface area (Å²) < 4.78 is 33.8. The molecular weight excluding hydrogens is 386 g/mol. The van der Waals surface area contributed by atoms with Crippen molar-refractivity contribution in [2.45, 2.75) is 26.2 Å². The number of nitrogens with one attached hydrogen (secondary N) is 3. The summed E-state index contributed by atoms with van der Waals surface area (Å²) in [7, 11) is 0. The standard InChI is InChI=1S/C19H24F2N4O4/c1-2-22-19(25-12-17(27)23-10-15-4-3-9-28-15)24-11-16(26)13-5-7-14(8-6-13)29-18(20)21/h3-9,16,18,26H,2,10-12H2,1H3,(H,23,27)(H2,22,24,25). The molecule has 0 saturated heterocycles. The Bertz CT molecular complexity index is 767. The van der Waals surface area contributed by atoms with Gasteiger partial charge < -0.3 is 30.2 Å². The number of aliphatic hydroxyl groups excluding tert-OH is 1. The number of carbonyl (C=O) groups is 1. The lowest BCUT2D eigenvalue weighted by Gasteiger charge is -2.16. The van der Waals surface area contributed by atoms with E-state index >= 15 is 0 Å². The fourth-order valence-corrected chi connectivity index (χ4v) is 2.33. The number of aliphatic hydroxyl groups is 1. The summed E-state index contributed by atoms with van der Waals surface area (Å²) in [4.78, 5) is 16.0. The van der Waals surface area contributed by atoms with Crippen LogP contribution in [0, 0.1) is 0 Å². The van der Waals surface area contributed by atoms with Crippen molar-refractivity contribution < 1.29 is 27.8 Å². The molecule has 8 nitrogen and oxygen atoms in total. The van der Waals surface area contributed by atoms with Crippen LogP contribution in [0.5, 0.6) is 5.75 Å². The molecule has 1 heterocycles. The van der Waals surface area contributed by atoms with Gasteiger partial charge in [0, 0.05) is 13.1 Å². The first-order chi connectivity index (χ1) is 14.0. The number of nitrogens with zero attached hydrogens (tertiary/aromatic N) is 1. The lowest BCUT2D eigenvalue weighted by molar-refractivity contribution is -0.119. The number of furan rings is 1. The van der Waals surface area contributed by atoms with Crippen LogP contribution in [0.3, 0.4) is 0 Å². The smallest absolute Gasteiger partial charge is 0.387 e.